The molecule has 1 amide bonds. The number of nitriles is 1. The van der Waals surface area contributed by atoms with Crippen LogP contribution in [0.2, 0.25) is 0 Å². The van der Waals surface area contributed by atoms with Crippen LogP contribution < -0.4 is 5.32 Å². The molecule has 0 radical (unpaired) electrons. The minimum absolute atomic E-state index is 0.0893. The average molecular weight is 402 g/mol. The van der Waals surface area contributed by atoms with Gasteiger partial charge in [-0.25, -0.2) is 0 Å². The molecule has 2 fully saturated rings. The summed E-state index contributed by atoms with van der Waals surface area (Å²) in [6.45, 7) is 0. The lowest BCUT2D eigenvalue weighted by atomic mass is 9.83. The van der Waals surface area contributed by atoms with Crippen molar-refractivity contribution in [2.45, 2.75) is 68.1 Å². The number of rotatable bonds is 7. The van der Waals surface area contributed by atoms with Crippen molar-refractivity contribution in [3.63, 3.8) is 0 Å². The fraction of sp³-hybridized carbons (Fsp3) is 0.579. The maximum absolute atomic E-state index is 12.5. The molecular formula is C19H23N5OS2. The molecule has 0 aromatic carbocycles. The van der Waals surface area contributed by atoms with E-state index in [1.807, 2.05) is 6.07 Å². The Bertz CT molecular complexity index is 829. The Morgan fingerprint density at radius 2 is 2.19 bits per heavy atom. The highest BCUT2D eigenvalue weighted by atomic mass is 32.2. The van der Waals surface area contributed by atoms with E-state index < -0.39 is 5.54 Å². The number of carbonyl (C=O) groups excluding carboxylic acids is 1. The molecule has 142 valence electrons. The van der Waals surface area contributed by atoms with Crippen molar-refractivity contribution in [2.24, 2.45) is 0 Å². The second kappa shape index (κ2) is 8.03. The topological polar surface area (TPSA) is 83.6 Å². The zero-order valence-corrected chi connectivity index (χ0v) is 16.8. The van der Waals surface area contributed by atoms with E-state index in [4.69, 9.17) is 0 Å². The monoisotopic (exact) mass is 401 g/mol. The lowest BCUT2D eigenvalue weighted by Crippen LogP contribution is -2.49. The summed E-state index contributed by atoms with van der Waals surface area (Å²) in [5.41, 5.74) is -0.676. The van der Waals surface area contributed by atoms with Gasteiger partial charge in [-0.3, -0.25) is 4.79 Å². The molecule has 0 aliphatic heterocycles. The molecule has 2 saturated carbocycles. The standard InChI is InChI=1S/C19H23N5OS2/c20-13-19(8-2-1-3-9-19)21-17(25)12-27-18-23-22-16(24(18)14-6-7-14)11-15-5-4-10-26-15/h4-5,10,14H,1-3,6-9,11-12H2,(H,21,25). The molecular weight excluding hydrogens is 378 g/mol. The SMILES string of the molecule is N#CC1(NC(=O)CSc2nnc(Cc3cccs3)n2C2CC2)CCCCC1. The highest BCUT2D eigenvalue weighted by Gasteiger charge is 2.34. The normalized spacial score (nSPS) is 18.8. The van der Waals surface area contributed by atoms with Gasteiger partial charge in [-0.1, -0.05) is 37.1 Å². The van der Waals surface area contributed by atoms with E-state index in [0.29, 0.717) is 6.04 Å². The highest BCUT2D eigenvalue weighted by Crippen LogP contribution is 2.39. The molecule has 2 heterocycles. The summed E-state index contributed by atoms with van der Waals surface area (Å²) in [7, 11) is 0. The number of thiophene rings is 1. The maximum atomic E-state index is 12.5. The summed E-state index contributed by atoms with van der Waals surface area (Å²) >= 11 is 3.15. The Kier molecular flexibility index (Phi) is 5.50. The van der Waals surface area contributed by atoms with Crippen LogP contribution in [0.4, 0.5) is 0 Å². The molecule has 1 N–H and O–H groups in total. The Morgan fingerprint density at radius 1 is 1.37 bits per heavy atom. The third-order valence-corrected chi connectivity index (χ3v) is 7.01. The molecule has 2 aliphatic carbocycles. The summed E-state index contributed by atoms with van der Waals surface area (Å²) in [5, 5.41) is 24.1. The van der Waals surface area contributed by atoms with Gasteiger partial charge >= 0.3 is 0 Å². The van der Waals surface area contributed by atoms with Gasteiger partial charge in [-0.2, -0.15) is 5.26 Å². The van der Waals surface area contributed by atoms with Crippen molar-refractivity contribution in [3.05, 3.63) is 28.2 Å². The summed E-state index contributed by atoms with van der Waals surface area (Å²) < 4.78 is 2.21. The van der Waals surface area contributed by atoms with Gasteiger partial charge < -0.3 is 9.88 Å². The molecule has 8 heteroatoms. The predicted molar refractivity (Wildman–Crippen MR) is 106 cm³/mol. The first kappa shape index (κ1) is 18.5. The van der Waals surface area contributed by atoms with Gasteiger partial charge in [-0.15, -0.1) is 21.5 Å². The van der Waals surface area contributed by atoms with Crippen molar-refractivity contribution in [3.8, 4) is 6.07 Å². The van der Waals surface area contributed by atoms with E-state index in [-0.39, 0.29) is 11.7 Å². The van der Waals surface area contributed by atoms with Crippen LogP contribution in [0.5, 0.6) is 0 Å². The Morgan fingerprint density at radius 3 is 2.85 bits per heavy atom. The van der Waals surface area contributed by atoms with Crippen LogP contribution in [-0.4, -0.2) is 32.0 Å². The number of hydrogen-bond acceptors (Lipinski definition) is 6. The Balaban J connectivity index is 1.40. The fourth-order valence-electron chi connectivity index (χ4n) is 3.65. The summed E-state index contributed by atoms with van der Waals surface area (Å²) in [4.78, 5) is 13.7. The van der Waals surface area contributed by atoms with Gasteiger partial charge in [0.05, 0.1) is 11.8 Å². The van der Waals surface area contributed by atoms with E-state index in [0.717, 1.165) is 62.3 Å². The van der Waals surface area contributed by atoms with Crippen LogP contribution in [0.15, 0.2) is 22.7 Å². The largest absolute Gasteiger partial charge is 0.337 e. The number of nitrogens with one attached hydrogen (secondary N) is 1. The first-order valence-electron chi connectivity index (χ1n) is 9.50. The second-order valence-electron chi connectivity index (χ2n) is 7.35. The first-order valence-corrected chi connectivity index (χ1v) is 11.4. The van der Waals surface area contributed by atoms with Crippen molar-refractivity contribution >= 4 is 29.0 Å². The Labute approximate surface area is 167 Å². The van der Waals surface area contributed by atoms with Gasteiger partial charge in [0.1, 0.15) is 11.4 Å². The van der Waals surface area contributed by atoms with Gasteiger partial charge in [0.2, 0.25) is 5.91 Å². The number of thioether (sulfide) groups is 1. The van der Waals surface area contributed by atoms with E-state index in [9.17, 15) is 10.1 Å². The van der Waals surface area contributed by atoms with E-state index >= 15 is 0 Å². The molecule has 0 spiro atoms. The van der Waals surface area contributed by atoms with Crippen LogP contribution in [0.25, 0.3) is 0 Å². The molecule has 2 aliphatic rings. The third-order valence-electron chi connectivity index (χ3n) is 5.19. The lowest BCUT2D eigenvalue weighted by molar-refractivity contribution is -0.120. The highest BCUT2D eigenvalue weighted by molar-refractivity contribution is 7.99. The molecule has 6 nitrogen and oxygen atoms in total. The first-order chi connectivity index (χ1) is 13.2. The average Bonchev–Trinajstić information content (AvgIpc) is 3.23. The van der Waals surface area contributed by atoms with Crippen molar-refractivity contribution < 1.29 is 4.79 Å². The van der Waals surface area contributed by atoms with Crippen molar-refractivity contribution in [1.82, 2.24) is 20.1 Å². The van der Waals surface area contributed by atoms with Crippen LogP contribution in [0.1, 0.15) is 61.7 Å². The van der Waals surface area contributed by atoms with Gasteiger partial charge in [0.15, 0.2) is 5.16 Å². The Hall–Kier alpha value is -1.85. The van der Waals surface area contributed by atoms with Crippen LogP contribution in [0, 0.1) is 11.3 Å². The maximum Gasteiger partial charge on any atom is 0.231 e. The molecule has 0 bridgehead atoms. The van der Waals surface area contributed by atoms with Gasteiger partial charge in [-0.05, 0) is 37.1 Å². The molecule has 4 rings (SSSR count). The molecule has 2 aromatic rings. The number of carbonyl (C=O) groups is 1. The fourth-order valence-corrected chi connectivity index (χ4v) is 5.17. The van der Waals surface area contributed by atoms with E-state index in [1.54, 1.807) is 11.3 Å². The second-order valence-corrected chi connectivity index (χ2v) is 9.32. The molecule has 0 unspecified atom stereocenters. The van der Waals surface area contributed by atoms with Crippen molar-refractivity contribution in [2.75, 3.05) is 5.75 Å². The minimum Gasteiger partial charge on any atom is -0.337 e. The third kappa shape index (κ3) is 4.36. The predicted octanol–water partition coefficient (Wildman–Crippen LogP) is 3.70. The quantitative estimate of drug-likeness (QED) is 0.715. The zero-order valence-electron chi connectivity index (χ0n) is 15.2. The number of hydrogen-bond donors (Lipinski definition) is 1. The molecule has 2 aromatic heterocycles. The molecule has 0 atom stereocenters. The number of nitrogens with zero attached hydrogens (tertiary/aromatic N) is 4. The molecule has 27 heavy (non-hydrogen) atoms. The lowest BCUT2D eigenvalue weighted by Gasteiger charge is -2.31. The van der Waals surface area contributed by atoms with Gasteiger partial charge in [0, 0.05) is 17.3 Å². The summed E-state index contributed by atoms with van der Waals surface area (Å²) in [6, 6.07) is 6.97. The zero-order chi connectivity index (χ0) is 18.7. The summed E-state index contributed by atoms with van der Waals surface area (Å²) in [5.74, 6) is 1.16. The minimum atomic E-state index is -0.676. The smallest absolute Gasteiger partial charge is 0.231 e. The number of amides is 1. The molecule has 0 saturated heterocycles. The van der Waals surface area contributed by atoms with Crippen LogP contribution in [-0.2, 0) is 11.2 Å². The van der Waals surface area contributed by atoms with Gasteiger partial charge in [0.25, 0.3) is 0 Å². The summed E-state index contributed by atoms with van der Waals surface area (Å²) in [6.07, 6.45) is 7.73. The van der Waals surface area contributed by atoms with E-state index in [2.05, 4.69) is 37.6 Å². The van der Waals surface area contributed by atoms with E-state index in [1.165, 1.54) is 16.6 Å². The number of aromatic nitrogens is 3. The van der Waals surface area contributed by atoms with Crippen LogP contribution >= 0.6 is 23.1 Å². The van der Waals surface area contributed by atoms with Crippen molar-refractivity contribution in [1.29, 1.82) is 5.26 Å². The van der Waals surface area contributed by atoms with Crippen LogP contribution in [0.3, 0.4) is 0 Å².